The summed E-state index contributed by atoms with van der Waals surface area (Å²) in [4.78, 5) is 38.7. The summed E-state index contributed by atoms with van der Waals surface area (Å²) in [5, 5.41) is 13.3. The first-order valence-corrected chi connectivity index (χ1v) is 14.9. The summed E-state index contributed by atoms with van der Waals surface area (Å²) >= 11 is 0. The zero-order valence-corrected chi connectivity index (χ0v) is 24.2. The number of rotatable bonds is 9. The van der Waals surface area contributed by atoms with E-state index in [2.05, 4.69) is 0 Å². The van der Waals surface area contributed by atoms with Crippen LogP contribution in [0.5, 0.6) is 0 Å². The molecule has 182 valence electrons. The van der Waals surface area contributed by atoms with E-state index in [1.54, 1.807) is 36.4 Å². The van der Waals surface area contributed by atoms with E-state index in [0.29, 0.717) is 0 Å². The first kappa shape index (κ1) is 26.3. The third-order valence-corrected chi connectivity index (χ3v) is 8.99. The monoisotopic (exact) mass is 524 g/mol. The minimum absolute atomic E-state index is 0.774. The molecule has 3 aromatic carbocycles. The van der Waals surface area contributed by atoms with Crippen LogP contribution in [-0.2, 0) is 27.7 Å². The van der Waals surface area contributed by atoms with Crippen LogP contribution in [0.1, 0.15) is 16.7 Å². The number of carbonyl (C=O) groups is 3. The Morgan fingerprint density at radius 3 is 1.00 bits per heavy atom. The second-order valence-corrected chi connectivity index (χ2v) is 12.6. The molecule has 7 nitrogen and oxygen atoms in total. The van der Waals surface area contributed by atoms with E-state index in [1.165, 1.54) is 0 Å². The summed E-state index contributed by atoms with van der Waals surface area (Å²) < 4.78 is 15.9. The molecule has 0 bridgehead atoms. The highest BCUT2D eigenvalue weighted by molar-refractivity contribution is 6.53. The minimum atomic E-state index is -3.17. The normalized spacial score (nSPS) is 13.4. The van der Waals surface area contributed by atoms with Gasteiger partial charge in [0.15, 0.2) is 0 Å². The third-order valence-electron chi connectivity index (χ3n) is 5.36. The molecular formula is C25H28O7Si3. The molecule has 0 atom stereocenters. The highest BCUT2D eigenvalue weighted by Crippen LogP contribution is 2.13. The largest absolute Gasteiger partial charge is 0.517 e. The Kier molecular flexibility index (Phi) is 8.93. The predicted octanol–water partition coefficient (Wildman–Crippen LogP) is -1.50. The smallest absolute Gasteiger partial charge is 0.353 e. The maximum atomic E-state index is 12.9. The van der Waals surface area contributed by atoms with E-state index in [1.807, 2.05) is 57.2 Å². The molecule has 1 N–H and O–H groups in total. The van der Waals surface area contributed by atoms with Gasteiger partial charge < -0.3 is 18.4 Å². The zero-order chi connectivity index (χ0) is 25.4. The molecule has 0 aliphatic rings. The van der Waals surface area contributed by atoms with Crippen molar-refractivity contribution in [3.05, 3.63) is 89.5 Å². The van der Waals surface area contributed by atoms with Crippen LogP contribution in [-0.4, -0.2) is 57.9 Å². The van der Waals surface area contributed by atoms with Crippen molar-refractivity contribution in [1.82, 2.24) is 0 Å². The Bertz CT molecular complexity index is 1030. The molecule has 0 heterocycles. The van der Waals surface area contributed by atoms with Crippen LogP contribution < -0.4 is 15.6 Å². The van der Waals surface area contributed by atoms with Gasteiger partial charge in [-0.3, -0.25) is 0 Å². The molecule has 3 rings (SSSR count). The predicted molar refractivity (Wildman–Crippen MR) is 141 cm³/mol. The van der Waals surface area contributed by atoms with Gasteiger partial charge >= 0.3 is 23.5 Å². The van der Waals surface area contributed by atoms with Crippen molar-refractivity contribution in [2.24, 2.45) is 0 Å². The molecule has 0 aliphatic heterocycles. The average Bonchev–Trinajstić information content (AvgIpc) is 2.86. The molecule has 0 radical (unpaired) electrons. The number of carbonyl (C=O) groups excluding carboxylic acids is 3. The van der Waals surface area contributed by atoms with E-state index < -0.39 is 52.8 Å². The Hall–Kier alpha value is -3.32. The second-order valence-electron chi connectivity index (χ2n) is 8.40. The molecule has 35 heavy (non-hydrogen) atoms. The number of hydrogen-bond donors (Lipinski definition) is 1. The van der Waals surface area contributed by atoms with E-state index >= 15 is 0 Å². The lowest BCUT2D eigenvalue weighted by Crippen LogP contribution is -2.57. The van der Waals surface area contributed by atoms with Crippen molar-refractivity contribution >= 4 is 62.8 Å². The van der Waals surface area contributed by atoms with E-state index in [-0.39, 0.29) is 0 Å². The van der Waals surface area contributed by atoms with Gasteiger partial charge in [0.2, 0.25) is 0 Å². The van der Waals surface area contributed by atoms with Gasteiger partial charge in [0, 0.05) is 0 Å². The quantitative estimate of drug-likeness (QED) is 0.269. The molecule has 0 aromatic heterocycles. The van der Waals surface area contributed by atoms with E-state index in [0.717, 1.165) is 32.3 Å². The topological polar surface area (TPSA) is 99.1 Å². The fraction of sp³-hybridized carbons (Fsp3) is 0.160. The second kappa shape index (κ2) is 11.9. The lowest BCUT2D eigenvalue weighted by molar-refractivity contribution is -0.182. The summed E-state index contributed by atoms with van der Waals surface area (Å²) in [5.74, 6) is -4.10. The van der Waals surface area contributed by atoms with Gasteiger partial charge in [-0.15, -0.1) is 0 Å². The first-order valence-electron chi connectivity index (χ1n) is 11.1. The SMILES string of the molecule is Cc1ccc([SiH2]OC(=O)C(O)(C(=O)O[SiH2]c2ccc(C)cc2)C(=O)O[SiH2]c2ccc(C)cc2)cc1. The summed E-state index contributed by atoms with van der Waals surface area (Å²) in [5.41, 5.74) is -0.0489. The van der Waals surface area contributed by atoms with Crippen molar-refractivity contribution in [2.45, 2.75) is 26.4 Å². The summed E-state index contributed by atoms with van der Waals surface area (Å²) in [6.07, 6.45) is 0. The lowest BCUT2D eigenvalue weighted by Gasteiger charge is -2.23. The van der Waals surface area contributed by atoms with Gasteiger partial charge in [-0.05, 0) is 36.3 Å². The maximum Gasteiger partial charge on any atom is 0.353 e. The van der Waals surface area contributed by atoms with Crippen LogP contribution in [0.15, 0.2) is 72.8 Å². The Balaban J connectivity index is 1.74. The molecule has 0 amide bonds. The van der Waals surface area contributed by atoms with Gasteiger partial charge in [-0.2, -0.15) is 0 Å². The molecule has 0 saturated carbocycles. The number of aryl methyl sites for hydroxylation is 3. The molecule has 10 heteroatoms. The van der Waals surface area contributed by atoms with Crippen molar-refractivity contribution in [3.63, 3.8) is 0 Å². The standard InChI is InChI=1S/C25H28O7Si3/c1-16-4-10-19(11-5-16)33-30-22(26)25(29,23(27)31-34-20-12-6-17(2)7-13-20)24(28)32-35-21-14-8-18(3)9-15-21/h4-15,29H,33-35H2,1-3H3. The van der Waals surface area contributed by atoms with Crippen molar-refractivity contribution in [2.75, 3.05) is 0 Å². The van der Waals surface area contributed by atoms with Crippen LogP contribution in [0, 0.1) is 20.8 Å². The maximum absolute atomic E-state index is 12.9. The molecule has 0 saturated heterocycles. The average molecular weight is 525 g/mol. The fourth-order valence-electron chi connectivity index (χ4n) is 3.06. The van der Waals surface area contributed by atoms with Gasteiger partial charge in [0.05, 0.1) is 0 Å². The van der Waals surface area contributed by atoms with Crippen molar-refractivity contribution in [1.29, 1.82) is 0 Å². The van der Waals surface area contributed by atoms with Gasteiger partial charge in [0.1, 0.15) is 0 Å². The number of benzene rings is 3. The lowest BCUT2D eigenvalue weighted by atomic mass is 10.1. The molecule has 0 fully saturated rings. The minimum Gasteiger partial charge on any atom is -0.517 e. The van der Waals surface area contributed by atoms with Crippen molar-refractivity contribution in [3.8, 4) is 0 Å². The van der Waals surface area contributed by atoms with Gasteiger partial charge in [-0.25, -0.2) is 14.4 Å². The highest BCUT2D eigenvalue weighted by atomic mass is 28.2. The Morgan fingerprint density at radius 1 is 0.543 bits per heavy atom. The Labute approximate surface area is 211 Å². The van der Waals surface area contributed by atoms with Gasteiger partial charge in [0.25, 0.3) is 29.3 Å². The van der Waals surface area contributed by atoms with Crippen molar-refractivity contribution < 1.29 is 32.8 Å². The number of aliphatic hydroxyl groups is 1. The molecule has 3 aromatic rings. The third kappa shape index (κ3) is 7.09. The molecule has 0 spiro atoms. The molecular weight excluding hydrogens is 497 g/mol. The highest BCUT2D eigenvalue weighted by Gasteiger charge is 2.56. The zero-order valence-electron chi connectivity index (χ0n) is 19.9. The number of hydrogen-bond acceptors (Lipinski definition) is 7. The fourth-order valence-corrected chi connectivity index (χ4v) is 5.87. The molecule has 0 unspecified atom stereocenters. The van der Waals surface area contributed by atoms with Crippen LogP contribution in [0.4, 0.5) is 0 Å². The van der Waals surface area contributed by atoms with E-state index in [9.17, 15) is 19.5 Å². The summed E-state index contributed by atoms with van der Waals surface area (Å²) in [6, 6.07) is 22.0. The summed E-state index contributed by atoms with van der Waals surface area (Å²) in [6.45, 7) is 5.79. The van der Waals surface area contributed by atoms with Crippen LogP contribution in [0.2, 0.25) is 0 Å². The van der Waals surface area contributed by atoms with Gasteiger partial charge in [-0.1, -0.05) is 89.5 Å². The Morgan fingerprint density at radius 2 is 0.771 bits per heavy atom. The summed E-state index contributed by atoms with van der Waals surface area (Å²) in [7, 11) is -4.98. The van der Waals surface area contributed by atoms with E-state index in [4.69, 9.17) is 13.3 Å². The molecule has 0 aliphatic carbocycles. The first-order chi connectivity index (χ1) is 16.7. The van der Waals surface area contributed by atoms with Crippen LogP contribution in [0.3, 0.4) is 0 Å². The van der Waals surface area contributed by atoms with Crippen LogP contribution >= 0.6 is 0 Å². The van der Waals surface area contributed by atoms with Crippen LogP contribution in [0.25, 0.3) is 0 Å².